The molecule has 5 nitrogen and oxygen atoms in total. The Balaban J connectivity index is 1.76. The molecule has 6 heteroatoms. The lowest BCUT2D eigenvalue weighted by Crippen LogP contribution is -2.50. The van der Waals surface area contributed by atoms with Crippen LogP contribution in [0.2, 0.25) is 0 Å². The average molecular weight is 399 g/mol. The predicted molar refractivity (Wildman–Crippen MR) is 88.6 cm³/mol. The first-order valence-electron chi connectivity index (χ1n) is 7.28. The highest BCUT2D eigenvalue weighted by atomic mass is 127. The topological polar surface area (TPSA) is 53.0 Å². The number of halogens is 1. The van der Waals surface area contributed by atoms with Gasteiger partial charge < -0.3 is 9.80 Å². The van der Waals surface area contributed by atoms with Crippen molar-refractivity contribution in [3.8, 4) is 0 Å². The highest BCUT2D eigenvalue weighted by molar-refractivity contribution is 14.1. The molecule has 112 valence electrons. The summed E-state index contributed by atoms with van der Waals surface area (Å²) in [6.07, 6.45) is 6.35. The van der Waals surface area contributed by atoms with Crippen molar-refractivity contribution in [1.82, 2.24) is 9.80 Å². The van der Waals surface area contributed by atoms with Gasteiger partial charge in [0, 0.05) is 38.2 Å². The number of likely N-dealkylation sites (N-methyl/N-ethyl adjacent to an activating group) is 1. The van der Waals surface area contributed by atoms with Crippen LogP contribution in [0.15, 0.2) is 20.5 Å². The highest BCUT2D eigenvalue weighted by Gasteiger charge is 2.44. The van der Waals surface area contributed by atoms with Crippen LogP contribution in [-0.2, 0) is 9.59 Å². The molecule has 0 aromatic rings. The molecule has 1 saturated heterocycles. The molecule has 2 fully saturated rings. The summed E-state index contributed by atoms with van der Waals surface area (Å²) in [7, 11) is 1.84. The summed E-state index contributed by atoms with van der Waals surface area (Å²) in [6.45, 7) is 1.65. The Hall–Kier alpha value is -1.14. The summed E-state index contributed by atoms with van der Waals surface area (Å²) in [4.78, 5) is 31.6. The Bertz CT molecular complexity index is 582. The lowest BCUT2D eigenvalue weighted by atomic mass is 9.76. The van der Waals surface area contributed by atoms with E-state index in [-0.39, 0.29) is 5.41 Å². The van der Waals surface area contributed by atoms with Crippen molar-refractivity contribution in [2.45, 2.75) is 32.1 Å². The number of ketones is 1. The Labute approximate surface area is 137 Å². The normalized spacial score (nSPS) is 25.0. The zero-order chi connectivity index (χ0) is 15.0. The van der Waals surface area contributed by atoms with Crippen molar-refractivity contribution in [2.75, 3.05) is 20.1 Å². The Morgan fingerprint density at radius 3 is 2.62 bits per heavy atom. The minimum atomic E-state index is -0.0715. The van der Waals surface area contributed by atoms with Crippen molar-refractivity contribution >= 4 is 40.3 Å². The van der Waals surface area contributed by atoms with Gasteiger partial charge in [0.15, 0.2) is 5.94 Å². The third-order valence-corrected chi connectivity index (χ3v) is 5.70. The van der Waals surface area contributed by atoms with E-state index in [9.17, 15) is 9.59 Å². The number of hydrogen-bond donors (Lipinski definition) is 0. The first-order chi connectivity index (χ1) is 10.1. The second kappa shape index (κ2) is 5.57. The van der Waals surface area contributed by atoms with Gasteiger partial charge in [-0.1, -0.05) is 0 Å². The van der Waals surface area contributed by atoms with E-state index in [1.54, 1.807) is 11.1 Å². The molecule has 2 heterocycles. The number of allylic oxidation sites excluding steroid dienone is 1. The van der Waals surface area contributed by atoms with Crippen LogP contribution in [0.5, 0.6) is 0 Å². The molecule has 3 aliphatic rings. The number of aliphatic imine (C=N–C) groups is 1. The summed E-state index contributed by atoms with van der Waals surface area (Å²) < 4.78 is 0.799. The smallest absolute Gasteiger partial charge is 0.206 e. The molecule has 2 aliphatic heterocycles. The molecule has 0 aromatic carbocycles. The summed E-state index contributed by atoms with van der Waals surface area (Å²) in [5.41, 5.74) is 0.454. The molecule has 0 N–H and O–H groups in total. The first kappa shape index (κ1) is 14.8. The molecule has 0 bridgehead atoms. The van der Waals surface area contributed by atoms with Gasteiger partial charge in [-0.15, -0.1) is 0 Å². The third-order valence-electron chi connectivity index (χ3n) is 4.91. The highest BCUT2D eigenvalue weighted by Crippen LogP contribution is 2.43. The van der Waals surface area contributed by atoms with E-state index in [2.05, 4.69) is 32.5 Å². The minimum absolute atomic E-state index is 0.0715. The fraction of sp³-hybridized carbons (Fsp3) is 0.600. The number of carbonyl (C=O) groups is 1. The van der Waals surface area contributed by atoms with Crippen LogP contribution in [0.25, 0.3) is 0 Å². The molecule has 0 unspecified atom stereocenters. The maximum Gasteiger partial charge on any atom is 0.206 e. The lowest BCUT2D eigenvalue weighted by Gasteiger charge is -2.41. The SMILES string of the molecule is CN1C(=C=O)C(I)=CN=C1N1CCC2(CCCC2=O)CC1. The Morgan fingerprint density at radius 1 is 1.33 bits per heavy atom. The van der Waals surface area contributed by atoms with Gasteiger partial charge in [-0.25, -0.2) is 9.79 Å². The monoisotopic (exact) mass is 399 g/mol. The number of hydrogen-bond acceptors (Lipinski definition) is 5. The third kappa shape index (κ3) is 2.44. The van der Waals surface area contributed by atoms with Gasteiger partial charge in [-0.3, -0.25) is 4.79 Å². The van der Waals surface area contributed by atoms with Crippen LogP contribution in [0.4, 0.5) is 0 Å². The molecule has 0 atom stereocenters. The van der Waals surface area contributed by atoms with E-state index < -0.39 is 0 Å². The molecule has 1 spiro atoms. The van der Waals surface area contributed by atoms with Crippen LogP contribution >= 0.6 is 22.6 Å². The van der Waals surface area contributed by atoms with Crippen LogP contribution in [0, 0.1) is 5.41 Å². The van der Waals surface area contributed by atoms with Crippen molar-refractivity contribution in [3.63, 3.8) is 0 Å². The van der Waals surface area contributed by atoms with Crippen molar-refractivity contribution in [1.29, 1.82) is 0 Å². The van der Waals surface area contributed by atoms with E-state index in [4.69, 9.17) is 0 Å². The van der Waals surface area contributed by atoms with Gasteiger partial charge in [0.2, 0.25) is 5.96 Å². The van der Waals surface area contributed by atoms with Gasteiger partial charge in [-0.2, -0.15) is 0 Å². The van der Waals surface area contributed by atoms with E-state index in [0.29, 0.717) is 11.5 Å². The molecule has 0 radical (unpaired) electrons. The number of likely N-dealkylation sites (tertiary alicyclic amines) is 1. The summed E-state index contributed by atoms with van der Waals surface area (Å²) in [6, 6.07) is 0. The number of Topliss-reactive ketones (excluding diaryl/α,β-unsaturated/α-hetero) is 1. The maximum atomic E-state index is 12.1. The zero-order valence-electron chi connectivity index (χ0n) is 12.1. The first-order valence-corrected chi connectivity index (χ1v) is 8.36. The minimum Gasteiger partial charge on any atom is -0.342 e. The Kier molecular flexibility index (Phi) is 3.92. The molecular formula is C15H18IN3O2. The van der Waals surface area contributed by atoms with Gasteiger partial charge in [0.05, 0.1) is 3.58 Å². The van der Waals surface area contributed by atoms with Crippen molar-refractivity contribution < 1.29 is 9.59 Å². The standard InChI is InChI=1S/C15H18IN3O2/c1-18-12(10-20)11(16)9-17-14(18)19-7-5-15(6-8-19)4-2-3-13(15)21/h9H,2-8H2,1H3. The van der Waals surface area contributed by atoms with E-state index in [1.165, 1.54) is 0 Å². The van der Waals surface area contributed by atoms with Gasteiger partial charge >= 0.3 is 0 Å². The number of rotatable bonds is 0. The van der Waals surface area contributed by atoms with Crippen LogP contribution in [0.3, 0.4) is 0 Å². The molecule has 1 saturated carbocycles. The Morgan fingerprint density at radius 2 is 2.05 bits per heavy atom. The van der Waals surface area contributed by atoms with Crippen LogP contribution < -0.4 is 0 Å². The fourth-order valence-electron chi connectivity index (χ4n) is 3.59. The number of carbonyl (C=O) groups excluding carboxylic acids is 2. The number of nitrogens with zero attached hydrogens (tertiary/aromatic N) is 3. The average Bonchev–Trinajstić information content (AvgIpc) is 2.82. The summed E-state index contributed by atoms with van der Waals surface area (Å²) in [5, 5.41) is 0. The number of guanidine groups is 1. The molecule has 21 heavy (non-hydrogen) atoms. The van der Waals surface area contributed by atoms with Gasteiger partial charge in [-0.05, 0) is 48.3 Å². The largest absolute Gasteiger partial charge is 0.342 e. The van der Waals surface area contributed by atoms with Gasteiger partial charge in [0.25, 0.3) is 0 Å². The predicted octanol–water partition coefficient (Wildman–Crippen LogP) is 2.11. The molecule has 3 rings (SSSR count). The summed E-state index contributed by atoms with van der Waals surface area (Å²) in [5.74, 6) is 3.22. The quantitative estimate of drug-likeness (QED) is 0.463. The van der Waals surface area contributed by atoms with Crippen LogP contribution in [-0.4, -0.2) is 47.6 Å². The fourth-order valence-corrected chi connectivity index (χ4v) is 4.20. The molecule has 1 aliphatic carbocycles. The zero-order valence-corrected chi connectivity index (χ0v) is 14.2. The lowest BCUT2D eigenvalue weighted by molar-refractivity contribution is -0.127. The second-order valence-electron chi connectivity index (χ2n) is 5.96. The second-order valence-corrected chi connectivity index (χ2v) is 7.12. The maximum absolute atomic E-state index is 12.1. The molecule has 0 amide bonds. The molecular weight excluding hydrogens is 381 g/mol. The number of piperidine rings is 1. The van der Waals surface area contributed by atoms with Crippen molar-refractivity contribution in [3.05, 3.63) is 15.5 Å². The van der Waals surface area contributed by atoms with Gasteiger partial charge in [0.1, 0.15) is 11.5 Å². The molecule has 0 aromatic heterocycles. The van der Waals surface area contributed by atoms with Crippen molar-refractivity contribution in [2.24, 2.45) is 10.4 Å². The van der Waals surface area contributed by atoms with Crippen LogP contribution in [0.1, 0.15) is 32.1 Å². The summed E-state index contributed by atoms with van der Waals surface area (Å²) >= 11 is 2.09. The van der Waals surface area contributed by atoms with E-state index in [0.717, 1.165) is 54.7 Å². The van der Waals surface area contributed by atoms with E-state index in [1.807, 2.05) is 13.0 Å². The van der Waals surface area contributed by atoms with E-state index >= 15 is 0 Å².